The van der Waals surface area contributed by atoms with Crippen LogP contribution in [-0.4, -0.2) is 47.4 Å². The summed E-state index contributed by atoms with van der Waals surface area (Å²) in [6.07, 6.45) is 2.52. The maximum Gasteiger partial charge on any atom is 0.265 e. The largest absolute Gasteiger partial charge is 0.377 e. The summed E-state index contributed by atoms with van der Waals surface area (Å²) >= 11 is 0. The van der Waals surface area contributed by atoms with Crippen molar-refractivity contribution in [2.75, 3.05) is 24.7 Å². The van der Waals surface area contributed by atoms with E-state index < -0.39 is 0 Å². The molecular formula is C20H23N5O2. The van der Waals surface area contributed by atoms with Gasteiger partial charge in [-0.15, -0.1) is 0 Å². The summed E-state index contributed by atoms with van der Waals surface area (Å²) < 4.78 is 5.10. The highest BCUT2D eigenvalue weighted by Crippen LogP contribution is 2.39. The van der Waals surface area contributed by atoms with Crippen LogP contribution in [0.5, 0.6) is 0 Å². The quantitative estimate of drug-likeness (QED) is 0.842. The van der Waals surface area contributed by atoms with Gasteiger partial charge >= 0.3 is 0 Å². The zero-order chi connectivity index (χ0) is 19.0. The van der Waals surface area contributed by atoms with Crippen LogP contribution in [-0.2, 0) is 16.0 Å². The Kier molecular flexibility index (Phi) is 4.61. The number of anilines is 2. The molecule has 0 saturated carbocycles. The van der Waals surface area contributed by atoms with Crippen molar-refractivity contribution in [1.82, 2.24) is 15.3 Å². The summed E-state index contributed by atoms with van der Waals surface area (Å²) in [5, 5.41) is 2.92. The van der Waals surface area contributed by atoms with Crippen molar-refractivity contribution in [3.05, 3.63) is 41.3 Å². The predicted octanol–water partition coefficient (Wildman–Crippen LogP) is 2.40. The van der Waals surface area contributed by atoms with Crippen molar-refractivity contribution < 1.29 is 9.53 Å². The highest BCUT2D eigenvalue weighted by Gasteiger charge is 2.26. The molecule has 1 saturated heterocycles. The summed E-state index contributed by atoms with van der Waals surface area (Å²) in [7, 11) is 0. The first-order valence-corrected chi connectivity index (χ1v) is 9.15. The minimum atomic E-state index is -0.185. The average Bonchev–Trinajstić information content (AvgIpc) is 3.02. The number of benzene rings is 1. The second kappa shape index (κ2) is 7.08. The molecule has 1 aromatic carbocycles. The topological polar surface area (TPSA) is 79.7 Å². The van der Waals surface area contributed by atoms with Crippen LogP contribution < -0.4 is 10.2 Å². The third kappa shape index (κ3) is 3.42. The lowest BCUT2D eigenvalue weighted by molar-refractivity contribution is -0.118. The van der Waals surface area contributed by atoms with E-state index in [2.05, 4.69) is 50.3 Å². The zero-order valence-electron chi connectivity index (χ0n) is 15.8. The summed E-state index contributed by atoms with van der Waals surface area (Å²) in [5.41, 5.74) is 5.48. The van der Waals surface area contributed by atoms with E-state index in [-0.39, 0.29) is 11.9 Å². The lowest BCUT2D eigenvalue weighted by Crippen LogP contribution is -2.50. The Morgan fingerprint density at radius 1 is 1.30 bits per heavy atom. The van der Waals surface area contributed by atoms with Gasteiger partial charge in [-0.2, -0.15) is 0 Å². The highest BCUT2D eigenvalue weighted by atomic mass is 16.5. The number of aliphatic imine (C=N–C) groups is 1. The first-order valence-electron chi connectivity index (χ1n) is 9.15. The molecule has 0 aliphatic carbocycles. The van der Waals surface area contributed by atoms with Gasteiger partial charge in [0.05, 0.1) is 24.9 Å². The van der Waals surface area contributed by atoms with E-state index >= 15 is 0 Å². The monoisotopic (exact) mass is 365 g/mol. The number of ether oxygens (including phenoxy) is 1. The van der Waals surface area contributed by atoms with Gasteiger partial charge in [0.2, 0.25) is 0 Å². The molecule has 2 aliphatic rings. The molecule has 1 N–H and O–H groups in total. The first kappa shape index (κ1) is 17.6. The Balaban J connectivity index is 1.67. The Hall–Kier alpha value is -2.80. The van der Waals surface area contributed by atoms with Crippen LogP contribution in [0.2, 0.25) is 0 Å². The van der Waals surface area contributed by atoms with Crippen molar-refractivity contribution in [1.29, 1.82) is 0 Å². The molecule has 3 heterocycles. The Labute approximate surface area is 158 Å². The smallest absolute Gasteiger partial charge is 0.265 e. The predicted molar refractivity (Wildman–Crippen MR) is 104 cm³/mol. The number of rotatable bonds is 4. The Morgan fingerprint density at radius 3 is 2.85 bits per heavy atom. The number of amides is 1. The fourth-order valence-electron chi connectivity index (χ4n) is 3.36. The minimum Gasteiger partial charge on any atom is -0.377 e. The SMILES string of the molecule is CC(=Nc1c(C)ncnc1N1CCc2cc(C)ccc21)C(=O)NC1COC1. The van der Waals surface area contributed by atoms with Crippen molar-refractivity contribution in [3.63, 3.8) is 0 Å². The van der Waals surface area contributed by atoms with E-state index in [0.717, 1.165) is 30.2 Å². The van der Waals surface area contributed by atoms with Gasteiger partial charge in [0, 0.05) is 12.2 Å². The van der Waals surface area contributed by atoms with Crippen LogP contribution >= 0.6 is 0 Å². The fourth-order valence-corrected chi connectivity index (χ4v) is 3.36. The number of nitrogens with zero attached hydrogens (tertiary/aromatic N) is 4. The lowest BCUT2D eigenvalue weighted by atomic mass is 10.1. The van der Waals surface area contributed by atoms with E-state index in [0.29, 0.717) is 24.6 Å². The van der Waals surface area contributed by atoms with Gasteiger partial charge in [-0.1, -0.05) is 17.7 Å². The molecule has 0 atom stereocenters. The van der Waals surface area contributed by atoms with Gasteiger partial charge in [-0.3, -0.25) is 4.79 Å². The molecule has 4 rings (SSSR count). The molecule has 1 fully saturated rings. The fraction of sp³-hybridized carbons (Fsp3) is 0.400. The van der Waals surface area contributed by atoms with Gasteiger partial charge in [0.1, 0.15) is 17.7 Å². The summed E-state index contributed by atoms with van der Waals surface area (Å²) in [6, 6.07) is 6.52. The molecule has 27 heavy (non-hydrogen) atoms. The average molecular weight is 365 g/mol. The summed E-state index contributed by atoms with van der Waals surface area (Å²) in [5.74, 6) is 0.555. The molecule has 140 valence electrons. The molecule has 0 bridgehead atoms. The number of hydrogen-bond acceptors (Lipinski definition) is 6. The van der Waals surface area contributed by atoms with Crippen LogP contribution in [0.15, 0.2) is 29.5 Å². The third-order valence-corrected chi connectivity index (χ3v) is 4.95. The van der Waals surface area contributed by atoms with Gasteiger partial charge in [0.25, 0.3) is 5.91 Å². The normalized spacial score (nSPS) is 16.9. The molecule has 7 nitrogen and oxygen atoms in total. The van der Waals surface area contributed by atoms with Crippen LogP contribution in [0.25, 0.3) is 0 Å². The van der Waals surface area contributed by atoms with E-state index in [9.17, 15) is 4.79 Å². The van der Waals surface area contributed by atoms with Crippen LogP contribution in [0.4, 0.5) is 17.2 Å². The second-order valence-corrected chi connectivity index (χ2v) is 7.07. The number of hydrogen-bond donors (Lipinski definition) is 1. The minimum absolute atomic E-state index is 0.0731. The second-order valence-electron chi connectivity index (χ2n) is 7.07. The molecule has 1 aromatic heterocycles. The molecular weight excluding hydrogens is 342 g/mol. The van der Waals surface area contributed by atoms with Gasteiger partial charge in [-0.25, -0.2) is 15.0 Å². The molecule has 2 aromatic rings. The Bertz CT molecular complexity index is 921. The number of nitrogens with one attached hydrogen (secondary N) is 1. The maximum absolute atomic E-state index is 12.4. The number of aromatic nitrogens is 2. The van der Waals surface area contributed by atoms with Gasteiger partial charge in [0.15, 0.2) is 5.82 Å². The third-order valence-electron chi connectivity index (χ3n) is 4.95. The maximum atomic E-state index is 12.4. The van der Waals surface area contributed by atoms with E-state index in [1.54, 1.807) is 13.3 Å². The summed E-state index contributed by atoms with van der Waals surface area (Å²) in [6.45, 7) is 7.65. The zero-order valence-corrected chi connectivity index (χ0v) is 15.8. The van der Waals surface area contributed by atoms with Crippen LogP contribution in [0.1, 0.15) is 23.7 Å². The molecule has 0 unspecified atom stereocenters. The number of carbonyl (C=O) groups is 1. The van der Waals surface area contributed by atoms with Gasteiger partial charge < -0.3 is 15.0 Å². The van der Waals surface area contributed by atoms with Gasteiger partial charge in [-0.05, 0) is 38.8 Å². The Morgan fingerprint density at radius 2 is 2.11 bits per heavy atom. The van der Waals surface area contributed by atoms with Crippen molar-refractivity contribution in [3.8, 4) is 0 Å². The van der Waals surface area contributed by atoms with Crippen molar-refractivity contribution in [2.45, 2.75) is 33.2 Å². The lowest BCUT2D eigenvalue weighted by Gasteiger charge is -2.26. The standard InChI is InChI=1S/C20H23N5O2/c1-12-4-5-17-15(8-12)6-7-25(17)19-18(13(2)21-11-22-19)23-14(3)20(26)24-16-9-27-10-16/h4-5,8,11,16H,6-7,9-10H2,1-3H3,(H,24,26). The number of fused-ring (bicyclic) bond motifs is 1. The molecule has 7 heteroatoms. The molecule has 0 spiro atoms. The molecule has 2 aliphatic heterocycles. The molecule has 1 amide bonds. The first-order chi connectivity index (χ1) is 13.0. The van der Waals surface area contributed by atoms with E-state index in [1.165, 1.54) is 11.1 Å². The highest BCUT2D eigenvalue weighted by molar-refractivity contribution is 6.38. The van der Waals surface area contributed by atoms with Crippen LogP contribution in [0.3, 0.4) is 0 Å². The molecule has 0 radical (unpaired) electrons. The van der Waals surface area contributed by atoms with E-state index in [4.69, 9.17) is 4.74 Å². The van der Waals surface area contributed by atoms with E-state index in [1.807, 2.05) is 6.92 Å². The number of aryl methyl sites for hydroxylation is 2. The summed E-state index contributed by atoms with van der Waals surface area (Å²) in [4.78, 5) is 27.9. The van der Waals surface area contributed by atoms with Crippen molar-refractivity contribution >= 4 is 28.8 Å². The van der Waals surface area contributed by atoms with Crippen LogP contribution in [0, 0.1) is 13.8 Å². The van der Waals surface area contributed by atoms with Crippen molar-refractivity contribution in [2.24, 2.45) is 4.99 Å². The number of carbonyl (C=O) groups excluding carboxylic acids is 1.